The number of nitrogens with one attached hydrogen (secondary N) is 2. The number of amides is 1. The third kappa shape index (κ3) is 3.61. The molecule has 0 saturated heterocycles. The van der Waals surface area contributed by atoms with Gasteiger partial charge in [0.2, 0.25) is 5.91 Å². The fraction of sp³-hybridized carbons (Fsp3) is 0.750. The standard InChI is InChI=1S/C12H24N2O2/c1-7-8-12(5,13-6)10(16)14-11(3,4)9(2)15/h7-9,13,15H,1-6H3,(H,14,16)/b8-7+/t9?,12-/m0/s1. The van der Waals surface area contributed by atoms with Crippen molar-refractivity contribution in [3.05, 3.63) is 12.2 Å². The Hall–Kier alpha value is -0.870. The van der Waals surface area contributed by atoms with Crippen LogP contribution >= 0.6 is 0 Å². The Morgan fingerprint density at radius 1 is 1.38 bits per heavy atom. The van der Waals surface area contributed by atoms with Crippen molar-refractivity contribution in [2.45, 2.75) is 51.8 Å². The van der Waals surface area contributed by atoms with E-state index in [1.165, 1.54) is 0 Å². The summed E-state index contributed by atoms with van der Waals surface area (Å²) in [5.74, 6) is -0.154. The first-order valence-corrected chi connectivity index (χ1v) is 5.53. The zero-order valence-electron chi connectivity index (χ0n) is 11.1. The molecule has 0 radical (unpaired) electrons. The van der Waals surface area contributed by atoms with E-state index < -0.39 is 17.2 Å². The molecular weight excluding hydrogens is 204 g/mol. The molecule has 0 aliphatic carbocycles. The maximum Gasteiger partial charge on any atom is 0.244 e. The summed E-state index contributed by atoms with van der Waals surface area (Å²) in [4.78, 5) is 12.1. The maximum atomic E-state index is 12.1. The van der Waals surface area contributed by atoms with Crippen molar-refractivity contribution in [1.82, 2.24) is 10.6 Å². The average molecular weight is 228 g/mol. The predicted octanol–water partition coefficient (Wildman–Crippen LogP) is 0.816. The van der Waals surface area contributed by atoms with Crippen LogP contribution in [0.5, 0.6) is 0 Å². The van der Waals surface area contributed by atoms with Gasteiger partial charge in [-0.15, -0.1) is 0 Å². The molecule has 0 aromatic rings. The van der Waals surface area contributed by atoms with Gasteiger partial charge in [-0.3, -0.25) is 4.79 Å². The van der Waals surface area contributed by atoms with Gasteiger partial charge in [-0.2, -0.15) is 0 Å². The quantitative estimate of drug-likeness (QED) is 0.610. The normalized spacial score (nSPS) is 18.2. The third-order valence-corrected chi connectivity index (χ3v) is 2.97. The molecule has 0 spiro atoms. The second-order valence-electron chi connectivity index (χ2n) is 4.80. The van der Waals surface area contributed by atoms with Crippen molar-refractivity contribution < 1.29 is 9.90 Å². The van der Waals surface area contributed by atoms with Crippen LogP contribution in [-0.4, -0.2) is 35.2 Å². The first-order chi connectivity index (χ1) is 7.19. The molecule has 0 rings (SSSR count). The molecule has 4 nitrogen and oxygen atoms in total. The molecule has 2 atom stereocenters. The number of carbonyl (C=O) groups is 1. The van der Waals surface area contributed by atoms with Gasteiger partial charge >= 0.3 is 0 Å². The highest BCUT2D eigenvalue weighted by Gasteiger charge is 2.34. The Balaban J connectivity index is 4.81. The van der Waals surface area contributed by atoms with Gasteiger partial charge in [0.15, 0.2) is 0 Å². The highest BCUT2D eigenvalue weighted by Crippen LogP contribution is 2.12. The Kier molecular flexibility index (Phi) is 5.16. The highest BCUT2D eigenvalue weighted by molar-refractivity contribution is 5.88. The molecule has 0 saturated carbocycles. The molecule has 4 heteroatoms. The van der Waals surface area contributed by atoms with E-state index in [1.54, 1.807) is 40.8 Å². The number of aliphatic hydroxyl groups excluding tert-OH is 1. The van der Waals surface area contributed by atoms with Crippen molar-refractivity contribution in [2.24, 2.45) is 0 Å². The maximum absolute atomic E-state index is 12.1. The monoisotopic (exact) mass is 228 g/mol. The molecule has 0 aliphatic heterocycles. The van der Waals surface area contributed by atoms with Crippen LogP contribution in [-0.2, 0) is 4.79 Å². The average Bonchev–Trinajstić information content (AvgIpc) is 2.17. The molecule has 0 fully saturated rings. The molecule has 0 heterocycles. The Morgan fingerprint density at radius 2 is 1.88 bits per heavy atom. The lowest BCUT2D eigenvalue weighted by Gasteiger charge is -2.34. The van der Waals surface area contributed by atoms with Crippen LogP contribution in [0.25, 0.3) is 0 Å². The van der Waals surface area contributed by atoms with E-state index in [9.17, 15) is 9.90 Å². The molecule has 1 amide bonds. The molecule has 0 aromatic heterocycles. The first-order valence-electron chi connectivity index (χ1n) is 5.53. The van der Waals surface area contributed by atoms with Crippen molar-refractivity contribution in [3.8, 4) is 0 Å². The third-order valence-electron chi connectivity index (χ3n) is 2.97. The van der Waals surface area contributed by atoms with E-state index in [1.807, 2.05) is 13.0 Å². The van der Waals surface area contributed by atoms with E-state index in [0.29, 0.717) is 0 Å². The smallest absolute Gasteiger partial charge is 0.244 e. The molecular formula is C12H24N2O2. The largest absolute Gasteiger partial charge is 0.391 e. The lowest BCUT2D eigenvalue weighted by Crippen LogP contribution is -2.60. The highest BCUT2D eigenvalue weighted by atomic mass is 16.3. The second-order valence-corrected chi connectivity index (χ2v) is 4.80. The summed E-state index contributed by atoms with van der Waals surface area (Å²) < 4.78 is 0. The van der Waals surface area contributed by atoms with E-state index >= 15 is 0 Å². The topological polar surface area (TPSA) is 61.4 Å². The van der Waals surface area contributed by atoms with Gasteiger partial charge in [-0.1, -0.05) is 12.2 Å². The summed E-state index contributed by atoms with van der Waals surface area (Å²) in [6, 6.07) is 0. The fourth-order valence-electron chi connectivity index (χ4n) is 1.13. The van der Waals surface area contributed by atoms with Gasteiger partial charge in [0.25, 0.3) is 0 Å². The van der Waals surface area contributed by atoms with Crippen molar-refractivity contribution in [2.75, 3.05) is 7.05 Å². The second kappa shape index (κ2) is 5.46. The van der Waals surface area contributed by atoms with Crippen LogP contribution in [0.2, 0.25) is 0 Å². The summed E-state index contributed by atoms with van der Waals surface area (Å²) in [5, 5.41) is 15.3. The number of likely N-dealkylation sites (N-methyl/N-ethyl adjacent to an activating group) is 1. The molecule has 94 valence electrons. The summed E-state index contributed by atoms with van der Waals surface area (Å²) in [6.07, 6.45) is 3.01. The SMILES string of the molecule is C/C=C/[C@](C)(NC)C(=O)NC(C)(C)C(C)O. The Morgan fingerprint density at radius 3 is 2.19 bits per heavy atom. The first kappa shape index (κ1) is 15.1. The van der Waals surface area contributed by atoms with Crippen LogP contribution in [0, 0.1) is 0 Å². The minimum atomic E-state index is -0.749. The lowest BCUT2D eigenvalue weighted by atomic mass is 9.94. The van der Waals surface area contributed by atoms with Crippen molar-refractivity contribution in [3.63, 3.8) is 0 Å². The zero-order chi connectivity index (χ0) is 13.0. The molecule has 16 heavy (non-hydrogen) atoms. The minimum Gasteiger partial charge on any atom is -0.391 e. The van der Waals surface area contributed by atoms with Gasteiger partial charge in [-0.05, 0) is 41.7 Å². The van der Waals surface area contributed by atoms with E-state index in [4.69, 9.17) is 0 Å². The van der Waals surface area contributed by atoms with Gasteiger partial charge in [0, 0.05) is 0 Å². The Bertz CT molecular complexity index is 272. The lowest BCUT2D eigenvalue weighted by molar-refractivity contribution is -0.128. The van der Waals surface area contributed by atoms with Gasteiger partial charge in [-0.25, -0.2) is 0 Å². The predicted molar refractivity (Wildman–Crippen MR) is 66.2 cm³/mol. The van der Waals surface area contributed by atoms with Crippen molar-refractivity contribution >= 4 is 5.91 Å². The van der Waals surface area contributed by atoms with Gasteiger partial charge in [0.1, 0.15) is 5.54 Å². The van der Waals surface area contributed by atoms with Crippen LogP contribution in [0.15, 0.2) is 12.2 Å². The summed E-state index contributed by atoms with van der Waals surface area (Å²) >= 11 is 0. The molecule has 1 unspecified atom stereocenters. The molecule has 0 bridgehead atoms. The Labute approximate surface area is 98.1 Å². The van der Waals surface area contributed by atoms with Crippen molar-refractivity contribution in [1.29, 1.82) is 0 Å². The number of hydrogen-bond donors (Lipinski definition) is 3. The zero-order valence-corrected chi connectivity index (χ0v) is 11.1. The summed E-state index contributed by atoms with van der Waals surface area (Å²) in [6.45, 7) is 8.90. The number of rotatable bonds is 5. The number of carbonyl (C=O) groups excluding carboxylic acids is 1. The van der Waals surface area contributed by atoms with E-state index in [2.05, 4.69) is 10.6 Å². The molecule has 3 N–H and O–H groups in total. The summed E-state index contributed by atoms with van der Waals surface area (Å²) in [5.41, 5.74) is -1.39. The summed E-state index contributed by atoms with van der Waals surface area (Å²) in [7, 11) is 1.73. The van der Waals surface area contributed by atoms with Crippen LogP contribution < -0.4 is 10.6 Å². The van der Waals surface area contributed by atoms with E-state index in [-0.39, 0.29) is 5.91 Å². The fourth-order valence-corrected chi connectivity index (χ4v) is 1.13. The van der Waals surface area contributed by atoms with Gasteiger partial charge in [0.05, 0.1) is 11.6 Å². The number of allylic oxidation sites excluding steroid dienone is 1. The number of aliphatic hydroxyl groups is 1. The molecule has 0 aromatic carbocycles. The van der Waals surface area contributed by atoms with Crippen LogP contribution in [0.3, 0.4) is 0 Å². The number of hydrogen-bond acceptors (Lipinski definition) is 3. The van der Waals surface area contributed by atoms with Crippen LogP contribution in [0.1, 0.15) is 34.6 Å². The van der Waals surface area contributed by atoms with E-state index in [0.717, 1.165) is 0 Å². The molecule has 0 aliphatic rings. The van der Waals surface area contributed by atoms with Gasteiger partial charge < -0.3 is 15.7 Å². The van der Waals surface area contributed by atoms with Crippen LogP contribution in [0.4, 0.5) is 0 Å². The minimum absolute atomic E-state index is 0.154.